The van der Waals surface area contributed by atoms with Crippen molar-refractivity contribution in [2.45, 2.75) is 38.5 Å². The number of benzene rings is 8. The van der Waals surface area contributed by atoms with Crippen LogP contribution >= 0.6 is 0 Å². The molecule has 0 unspecified atom stereocenters. The smallest absolute Gasteiger partial charge is 0.0683 e. The highest BCUT2D eigenvalue weighted by molar-refractivity contribution is 5.95. The maximum Gasteiger partial charge on any atom is 0.0725 e. The molecule has 8 aromatic carbocycles. The third kappa shape index (κ3) is 4.63. The van der Waals surface area contributed by atoms with Crippen molar-refractivity contribution in [1.29, 1.82) is 0 Å². The highest BCUT2D eigenvalue weighted by atomic mass is 14.5. The second-order valence-corrected chi connectivity index (χ2v) is 14.5. The molecule has 0 nitrogen and oxygen atoms in total. The average Bonchev–Trinajstić information content (AvgIpc) is 3.83. The van der Waals surface area contributed by atoms with Crippen LogP contribution in [0.25, 0.3) is 33.4 Å². The molecule has 260 valence electrons. The lowest BCUT2D eigenvalue weighted by molar-refractivity contribution is 0.767. The quantitative estimate of drug-likeness (QED) is 0.169. The van der Waals surface area contributed by atoms with Gasteiger partial charge in [0.1, 0.15) is 0 Å². The van der Waals surface area contributed by atoms with Crippen LogP contribution in [-0.4, -0.2) is 0 Å². The zero-order valence-electron chi connectivity index (χ0n) is 31.5. The van der Waals surface area contributed by atoms with Crippen molar-refractivity contribution in [2.75, 3.05) is 0 Å². The van der Waals surface area contributed by atoms with E-state index in [9.17, 15) is 0 Å². The molecule has 0 aliphatic heterocycles. The van der Waals surface area contributed by atoms with Crippen molar-refractivity contribution in [2.24, 2.45) is 0 Å². The Bertz CT molecular complexity index is 2540. The van der Waals surface area contributed by atoms with E-state index in [1.165, 1.54) is 89.0 Å². The molecule has 3 aliphatic rings. The summed E-state index contributed by atoms with van der Waals surface area (Å²) in [6.45, 7) is 8.42. The fourth-order valence-electron chi connectivity index (χ4n) is 9.88. The van der Waals surface area contributed by atoms with Crippen molar-refractivity contribution in [3.63, 3.8) is 0 Å². The predicted molar refractivity (Wildman–Crippen MR) is 227 cm³/mol. The topological polar surface area (TPSA) is 0 Å². The molecule has 0 heteroatoms. The van der Waals surface area contributed by atoms with Gasteiger partial charge in [-0.1, -0.05) is 214 Å². The van der Waals surface area contributed by atoms with E-state index in [1.807, 2.05) is 13.8 Å². The van der Waals surface area contributed by atoms with Gasteiger partial charge in [-0.2, -0.15) is 0 Å². The molecule has 0 heterocycles. The minimum Gasteiger partial charge on any atom is -0.0683 e. The number of hydrogen-bond acceptors (Lipinski definition) is 0. The van der Waals surface area contributed by atoms with Crippen molar-refractivity contribution in [1.82, 2.24) is 0 Å². The van der Waals surface area contributed by atoms with Crippen LogP contribution in [0, 0.1) is 13.8 Å². The van der Waals surface area contributed by atoms with Gasteiger partial charge >= 0.3 is 0 Å². The van der Waals surface area contributed by atoms with E-state index in [2.05, 4.69) is 208 Å². The van der Waals surface area contributed by atoms with Crippen molar-refractivity contribution < 1.29 is 0 Å². The van der Waals surface area contributed by atoms with Gasteiger partial charge in [-0.25, -0.2) is 0 Å². The molecular formula is C54H44. The van der Waals surface area contributed by atoms with Gasteiger partial charge in [-0.15, -0.1) is 0 Å². The molecule has 0 fully saturated rings. The number of hydrogen-bond donors (Lipinski definition) is 0. The van der Waals surface area contributed by atoms with Gasteiger partial charge in [0.25, 0.3) is 0 Å². The van der Waals surface area contributed by atoms with Crippen LogP contribution in [0.3, 0.4) is 0 Å². The summed E-state index contributed by atoms with van der Waals surface area (Å²) in [5.74, 6) is 0. The third-order valence-corrected chi connectivity index (χ3v) is 11.8. The monoisotopic (exact) mass is 692 g/mol. The Morgan fingerprint density at radius 3 is 1.20 bits per heavy atom. The molecule has 54 heavy (non-hydrogen) atoms. The summed E-state index contributed by atoms with van der Waals surface area (Å²) in [4.78, 5) is 0. The summed E-state index contributed by atoms with van der Waals surface area (Å²) in [5, 5.41) is 0. The molecule has 0 N–H and O–H groups in total. The largest absolute Gasteiger partial charge is 0.0725 e. The zero-order valence-corrected chi connectivity index (χ0v) is 31.5. The van der Waals surface area contributed by atoms with Gasteiger partial charge < -0.3 is 0 Å². The minimum absolute atomic E-state index is 0.189. The Balaban J connectivity index is 0.000000136. The van der Waals surface area contributed by atoms with Crippen LogP contribution in [0.4, 0.5) is 0 Å². The van der Waals surface area contributed by atoms with Gasteiger partial charge in [0.2, 0.25) is 0 Å². The Morgan fingerprint density at radius 2 is 0.685 bits per heavy atom. The van der Waals surface area contributed by atoms with Crippen molar-refractivity contribution in [3.8, 4) is 33.4 Å². The molecule has 0 atom stereocenters. The van der Waals surface area contributed by atoms with E-state index in [0.717, 1.165) is 0 Å². The first-order valence-electron chi connectivity index (χ1n) is 19.4. The van der Waals surface area contributed by atoms with Gasteiger partial charge in [0, 0.05) is 0 Å². The maximum absolute atomic E-state index is 2.37. The van der Waals surface area contributed by atoms with Gasteiger partial charge in [0.05, 0.1) is 10.8 Å². The molecule has 0 radical (unpaired) electrons. The molecule has 0 aromatic heterocycles. The summed E-state index contributed by atoms with van der Waals surface area (Å²) < 4.78 is 0. The zero-order chi connectivity index (χ0) is 36.9. The second-order valence-electron chi connectivity index (χ2n) is 14.5. The van der Waals surface area contributed by atoms with Gasteiger partial charge in [-0.3, -0.25) is 0 Å². The summed E-state index contributed by atoms with van der Waals surface area (Å²) >= 11 is 0. The minimum atomic E-state index is -0.263. The molecule has 0 amide bonds. The summed E-state index contributed by atoms with van der Waals surface area (Å²) in [7, 11) is 0. The lowest BCUT2D eigenvalue weighted by atomic mass is 9.67. The van der Waals surface area contributed by atoms with Crippen LogP contribution in [0.15, 0.2) is 194 Å². The molecule has 0 saturated carbocycles. The molecule has 3 aliphatic carbocycles. The van der Waals surface area contributed by atoms with Crippen molar-refractivity contribution >= 4 is 0 Å². The summed E-state index contributed by atoms with van der Waals surface area (Å²) in [5.41, 5.74) is 21.5. The fourth-order valence-corrected chi connectivity index (χ4v) is 9.88. The molecule has 0 bridgehead atoms. The first kappa shape index (κ1) is 33.6. The predicted octanol–water partition coefficient (Wildman–Crippen LogP) is 13.7. The molecule has 1 spiro atoms. The number of rotatable bonds is 2. The van der Waals surface area contributed by atoms with E-state index in [-0.39, 0.29) is 10.8 Å². The fraction of sp³-hybridized carbons (Fsp3) is 0.111. The standard InChI is InChI=1S/C26H18.C26H20.C2H6/c1-17-9-8-16-24-25(17)20-12-4-7-15-23(20)26(24)21-13-5-2-10-18(21)19-11-3-6-14-22(19)26;1-19-16-17-23-22-14-8-9-15-24(22)26(25(23)18-19,20-10-4-2-5-11-20)21-12-6-3-7-13-21;1-2/h2-16H,1H3;2-18H,1H3;1-2H3. The molecule has 8 aromatic rings. The normalized spacial score (nSPS) is 13.9. The lowest BCUT2D eigenvalue weighted by Crippen LogP contribution is -2.28. The number of aryl methyl sites for hydroxylation is 2. The van der Waals surface area contributed by atoms with E-state index in [0.29, 0.717) is 0 Å². The number of fused-ring (bicyclic) bond motifs is 13. The summed E-state index contributed by atoms with van der Waals surface area (Å²) in [6, 6.07) is 71.2. The highest BCUT2D eigenvalue weighted by Gasteiger charge is 2.51. The average molecular weight is 693 g/mol. The SMILES string of the molecule is CC.Cc1ccc2c(c1)C(c1ccccc1)(c1ccccc1)c1ccccc1-2.Cc1cccc2c1-c1ccccc1C21c2ccccc2-c2ccccc21. The molecule has 0 saturated heterocycles. The van der Waals surface area contributed by atoms with E-state index >= 15 is 0 Å². The van der Waals surface area contributed by atoms with Crippen LogP contribution in [0.5, 0.6) is 0 Å². The van der Waals surface area contributed by atoms with Gasteiger partial charge in [0.15, 0.2) is 0 Å². The van der Waals surface area contributed by atoms with E-state index < -0.39 is 0 Å². The Morgan fingerprint density at radius 1 is 0.296 bits per heavy atom. The van der Waals surface area contributed by atoms with Crippen molar-refractivity contribution in [3.05, 3.63) is 250 Å². The Labute approximate surface area is 320 Å². The Hall–Kier alpha value is -6.24. The second kappa shape index (κ2) is 13.3. The Kier molecular flexibility index (Phi) is 8.28. The third-order valence-electron chi connectivity index (χ3n) is 11.8. The lowest BCUT2D eigenvalue weighted by Gasteiger charge is -2.34. The first-order valence-corrected chi connectivity index (χ1v) is 19.4. The molecular weight excluding hydrogens is 649 g/mol. The summed E-state index contributed by atoms with van der Waals surface area (Å²) in [6.07, 6.45) is 0. The van der Waals surface area contributed by atoms with Crippen LogP contribution in [-0.2, 0) is 10.8 Å². The molecule has 11 rings (SSSR count). The van der Waals surface area contributed by atoms with E-state index in [4.69, 9.17) is 0 Å². The maximum atomic E-state index is 2.37. The van der Waals surface area contributed by atoms with Crippen LogP contribution in [0.1, 0.15) is 69.5 Å². The van der Waals surface area contributed by atoms with E-state index in [1.54, 1.807) is 0 Å². The highest BCUT2D eigenvalue weighted by Crippen LogP contribution is 2.63. The van der Waals surface area contributed by atoms with Gasteiger partial charge in [-0.05, 0) is 97.3 Å². The van der Waals surface area contributed by atoms with Crippen LogP contribution in [0.2, 0.25) is 0 Å². The first-order chi connectivity index (χ1) is 26.6. The van der Waals surface area contributed by atoms with Crippen LogP contribution < -0.4 is 0 Å².